The second kappa shape index (κ2) is 5.43. The number of fused-ring (bicyclic) bond motifs is 1. The van der Waals surface area contributed by atoms with Crippen LogP contribution in [0.1, 0.15) is 11.1 Å². The van der Waals surface area contributed by atoms with Gasteiger partial charge in [0.1, 0.15) is 0 Å². The average molecular weight is 289 g/mol. The average Bonchev–Trinajstić information content (AvgIpc) is 2.88. The summed E-state index contributed by atoms with van der Waals surface area (Å²) < 4.78 is 10.6. The predicted octanol–water partition coefficient (Wildman–Crippen LogP) is 3.82. The van der Waals surface area contributed by atoms with Crippen LogP contribution < -0.4 is 14.9 Å². The van der Waals surface area contributed by atoms with Crippen molar-refractivity contribution in [2.75, 3.05) is 12.2 Å². The minimum Gasteiger partial charge on any atom is -0.454 e. The van der Waals surface area contributed by atoms with E-state index in [0.717, 1.165) is 11.3 Å². The fourth-order valence-electron chi connectivity index (χ4n) is 1.96. The number of halogens is 1. The van der Waals surface area contributed by atoms with Gasteiger partial charge in [0.05, 0.1) is 16.9 Å². The Morgan fingerprint density at radius 2 is 2.15 bits per heavy atom. The number of hydrazone groups is 1. The molecule has 5 heteroatoms. The normalized spacial score (nSPS) is 12.9. The Morgan fingerprint density at radius 1 is 1.25 bits per heavy atom. The van der Waals surface area contributed by atoms with Crippen LogP contribution in [0, 0.1) is 6.92 Å². The largest absolute Gasteiger partial charge is 0.454 e. The van der Waals surface area contributed by atoms with E-state index in [2.05, 4.69) is 10.5 Å². The molecule has 1 N–H and O–H groups in total. The van der Waals surface area contributed by atoms with E-state index >= 15 is 0 Å². The smallest absolute Gasteiger partial charge is 0.231 e. The number of aryl methyl sites for hydroxylation is 1. The van der Waals surface area contributed by atoms with Gasteiger partial charge >= 0.3 is 0 Å². The van der Waals surface area contributed by atoms with Crippen LogP contribution in [-0.4, -0.2) is 13.0 Å². The topological polar surface area (TPSA) is 42.9 Å². The van der Waals surface area contributed by atoms with Gasteiger partial charge < -0.3 is 9.47 Å². The van der Waals surface area contributed by atoms with Crippen LogP contribution in [0.15, 0.2) is 41.5 Å². The molecule has 0 atom stereocenters. The molecule has 20 heavy (non-hydrogen) atoms. The molecule has 2 aromatic carbocycles. The van der Waals surface area contributed by atoms with Gasteiger partial charge in [-0.1, -0.05) is 23.7 Å². The van der Waals surface area contributed by atoms with Crippen molar-refractivity contribution >= 4 is 23.5 Å². The summed E-state index contributed by atoms with van der Waals surface area (Å²) in [5, 5.41) is 4.71. The van der Waals surface area contributed by atoms with Crippen LogP contribution in [-0.2, 0) is 0 Å². The molecule has 2 aromatic rings. The highest BCUT2D eigenvalue weighted by molar-refractivity contribution is 6.32. The molecular weight excluding hydrogens is 276 g/mol. The second-order valence-corrected chi connectivity index (χ2v) is 4.88. The molecule has 1 aliphatic rings. The molecule has 3 rings (SSSR count). The van der Waals surface area contributed by atoms with Gasteiger partial charge in [-0.25, -0.2) is 0 Å². The Hall–Kier alpha value is -2.20. The summed E-state index contributed by atoms with van der Waals surface area (Å²) in [6, 6.07) is 11.6. The lowest BCUT2D eigenvalue weighted by atomic mass is 10.2. The van der Waals surface area contributed by atoms with Crippen LogP contribution in [0.4, 0.5) is 5.69 Å². The summed E-state index contributed by atoms with van der Waals surface area (Å²) in [6.07, 6.45) is 1.69. The van der Waals surface area contributed by atoms with Crippen LogP contribution in [0.2, 0.25) is 5.02 Å². The van der Waals surface area contributed by atoms with Crippen molar-refractivity contribution in [3.63, 3.8) is 0 Å². The molecule has 102 valence electrons. The lowest BCUT2D eigenvalue weighted by molar-refractivity contribution is 0.174. The van der Waals surface area contributed by atoms with E-state index in [4.69, 9.17) is 21.1 Å². The first kappa shape index (κ1) is 12.8. The standard InChI is InChI=1S/C15H13ClN2O2/c1-10-3-2-4-12(5-10)18-17-8-11-6-13(16)15-14(7-11)19-9-20-15/h2-8,18H,9H2,1H3/b17-8-. The minimum atomic E-state index is 0.206. The van der Waals surface area contributed by atoms with Crippen molar-refractivity contribution in [3.05, 3.63) is 52.5 Å². The number of nitrogens with one attached hydrogen (secondary N) is 1. The number of rotatable bonds is 3. The molecule has 0 fully saturated rings. The zero-order valence-corrected chi connectivity index (χ0v) is 11.6. The molecule has 0 spiro atoms. The fourth-order valence-corrected chi connectivity index (χ4v) is 2.23. The molecule has 0 amide bonds. The van der Waals surface area contributed by atoms with Gasteiger partial charge in [-0.2, -0.15) is 5.10 Å². The Kier molecular flexibility index (Phi) is 3.48. The van der Waals surface area contributed by atoms with Gasteiger partial charge in [0.25, 0.3) is 0 Å². The number of hydrogen-bond acceptors (Lipinski definition) is 4. The van der Waals surface area contributed by atoms with E-state index in [1.165, 1.54) is 5.56 Å². The highest BCUT2D eigenvalue weighted by Crippen LogP contribution is 2.39. The summed E-state index contributed by atoms with van der Waals surface area (Å²) in [7, 11) is 0. The number of nitrogens with zero attached hydrogens (tertiary/aromatic N) is 1. The molecule has 0 unspecified atom stereocenters. The summed E-state index contributed by atoms with van der Waals surface area (Å²) in [4.78, 5) is 0. The van der Waals surface area contributed by atoms with Crippen molar-refractivity contribution in [3.8, 4) is 11.5 Å². The van der Waals surface area contributed by atoms with Crippen molar-refractivity contribution in [1.29, 1.82) is 0 Å². The lowest BCUT2D eigenvalue weighted by Gasteiger charge is -2.02. The molecule has 4 nitrogen and oxygen atoms in total. The van der Waals surface area contributed by atoms with Crippen molar-refractivity contribution in [2.45, 2.75) is 6.92 Å². The maximum absolute atomic E-state index is 6.10. The number of hydrogen-bond donors (Lipinski definition) is 1. The molecule has 0 aliphatic carbocycles. The van der Waals surface area contributed by atoms with Gasteiger partial charge in [0, 0.05) is 0 Å². The Balaban J connectivity index is 1.75. The van der Waals surface area contributed by atoms with Gasteiger partial charge in [0.2, 0.25) is 6.79 Å². The molecule has 0 saturated heterocycles. The van der Waals surface area contributed by atoms with Crippen LogP contribution >= 0.6 is 11.6 Å². The van der Waals surface area contributed by atoms with Crippen LogP contribution in [0.5, 0.6) is 11.5 Å². The predicted molar refractivity (Wildman–Crippen MR) is 80.0 cm³/mol. The maximum Gasteiger partial charge on any atom is 0.231 e. The zero-order valence-electron chi connectivity index (χ0n) is 10.9. The van der Waals surface area contributed by atoms with E-state index in [-0.39, 0.29) is 6.79 Å². The number of anilines is 1. The highest BCUT2D eigenvalue weighted by atomic mass is 35.5. The second-order valence-electron chi connectivity index (χ2n) is 4.48. The minimum absolute atomic E-state index is 0.206. The van der Waals surface area contributed by atoms with Gasteiger partial charge in [-0.15, -0.1) is 0 Å². The Morgan fingerprint density at radius 3 is 3.00 bits per heavy atom. The first-order valence-corrected chi connectivity index (χ1v) is 6.55. The van der Waals surface area contributed by atoms with Gasteiger partial charge in [-0.3, -0.25) is 5.43 Å². The van der Waals surface area contributed by atoms with Crippen molar-refractivity contribution < 1.29 is 9.47 Å². The van der Waals surface area contributed by atoms with Crippen molar-refractivity contribution in [1.82, 2.24) is 0 Å². The number of benzene rings is 2. The monoisotopic (exact) mass is 288 g/mol. The van der Waals surface area contributed by atoms with E-state index < -0.39 is 0 Å². The Labute approximate surface area is 122 Å². The SMILES string of the molecule is Cc1cccc(N/N=C\c2cc(Cl)c3c(c2)OCO3)c1. The van der Waals surface area contributed by atoms with Crippen molar-refractivity contribution in [2.24, 2.45) is 5.10 Å². The molecular formula is C15H13ClN2O2. The number of ether oxygens (including phenoxy) is 2. The third-order valence-corrected chi connectivity index (χ3v) is 3.16. The molecule has 0 aromatic heterocycles. The summed E-state index contributed by atoms with van der Waals surface area (Å²) in [6.45, 7) is 2.24. The summed E-state index contributed by atoms with van der Waals surface area (Å²) >= 11 is 6.10. The molecule has 0 saturated carbocycles. The third-order valence-electron chi connectivity index (χ3n) is 2.87. The van der Waals surface area contributed by atoms with E-state index in [1.807, 2.05) is 37.3 Å². The maximum atomic E-state index is 6.10. The molecule has 0 bridgehead atoms. The molecule has 1 heterocycles. The zero-order chi connectivity index (χ0) is 13.9. The van der Waals surface area contributed by atoms with E-state index in [0.29, 0.717) is 16.5 Å². The third kappa shape index (κ3) is 2.70. The first-order chi connectivity index (χ1) is 9.72. The van der Waals surface area contributed by atoms with E-state index in [9.17, 15) is 0 Å². The molecule has 0 radical (unpaired) electrons. The first-order valence-electron chi connectivity index (χ1n) is 6.17. The summed E-state index contributed by atoms with van der Waals surface area (Å²) in [5.41, 5.74) is 5.94. The summed E-state index contributed by atoms with van der Waals surface area (Å²) in [5.74, 6) is 1.24. The highest BCUT2D eigenvalue weighted by Gasteiger charge is 2.17. The van der Waals surface area contributed by atoms with Gasteiger partial charge in [0.15, 0.2) is 11.5 Å². The van der Waals surface area contributed by atoms with Gasteiger partial charge in [-0.05, 0) is 42.3 Å². The quantitative estimate of drug-likeness (QED) is 0.689. The van der Waals surface area contributed by atoms with Crippen LogP contribution in [0.25, 0.3) is 0 Å². The Bertz CT molecular complexity index is 671. The molecule has 1 aliphatic heterocycles. The van der Waals surface area contributed by atoms with E-state index in [1.54, 1.807) is 12.3 Å². The van der Waals surface area contributed by atoms with Crippen LogP contribution in [0.3, 0.4) is 0 Å². The lowest BCUT2D eigenvalue weighted by Crippen LogP contribution is -1.93. The fraction of sp³-hybridized carbons (Fsp3) is 0.133.